The van der Waals surface area contributed by atoms with Crippen molar-refractivity contribution in [1.29, 1.82) is 0 Å². The molecule has 1 aliphatic rings. The predicted octanol–water partition coefficient (Wildman–Crippen LogP) is 3.23. The van der Waals surface area contributed by atoms with Crippen LogP contribution >= 0.6 is 0 Å². The number of carbonyl (C=O) groups is 1. The summed E-state index contributed by atoms with van der Waals surface area (Å²) in [6.07, 6.45) is 0.235. The predicted molar refractivity (Wildman–Crippen MR) is 78.2 cm³/mol. The topological polar surface area (TPSA) is 69.7 Å². The first-order valence-electron chi connectivity index (χ1n) is 7.11. The molecule has 0 saturated heterocycles. The van der Waals surface area contributed by atoms with Crippen molar-refractivity contribution >= 4 is 16.1 Å². The van der Waals surface area contributed by atoms with Crippen LogP contribution < -0.4 is 0 Å². The summed E-state index contributed by atoms with van der Waals surface area (Å²) in [5.41, 5.74) is -7.77. The number of halogens is 5. The maximum atomic E-state index is 13.9. The van der Waals surface area contributed by atoms with Crippen LogP contribution in [0.2, 0.25) is 0 Å². The molecular formula is C15H13F5O5S. The lowest BCUT2D eigenvalue weighted by Crippen LogP contribution is -2.34. The average Bonchev–Trinajstić information content (AvgIpc) is 2.95. The molecule has 1 aromatic rings. The maximum absolute atomic E-state index is 13.9. The highest BCUT2D eigenvalue weighted by molar-refractivity contribution is 7.87. The number of alkyl halides is 3. The smallest absolute Gasteiger partial charge is 0.468 e. The van der Waals surface area contributed by atoms with E-state index in [1.54, 1.807) is 0 Å². The van der Waals surface area contributed by atoms with Crippen LogP contribution in [0.5, 0.6) is 0 Å². The monoisotopic (exact) mass is 400 g/mol. The number of ether oxygens (including phenoxy) is 1. The molecular weight excluding hydrogens is 387 g/mol. The van der Waals surface area contributed by atoms with Crippen molar-refractivity contribution in [1.82, 2.24) is 0 Å². The Morgan fingerprint density at radius 1 is 1.23 bits per heavy atom. The Labute approximate surface area is 145 Å². The molecule has 0 aliphatic heterocycles. The molecule has 0 heterocycles. The van der Waals surface area contributed by atoms with Crippen LogP contribution in [-0.2, 0) is 29.2 Å². The molecule has 0 radical (unpaired) electrons. The molecule has 1 atom stereocenters. The van der Waals surface area contributed by atoms with Gasteiger partial charge in [-0.05, 0) is 36.6 Å². The lowest BCUT2D eigenvalue weighted by atomic mass is 9.77. The summed E-state index contributed by atoms with van der Waals surface area (Å²) in [5, 5.41) is 0. The highest BCUT2D eigenvalue weighted by Crippen LogP contribution is 2.44. The molecule has 0 spiro atoms. The van der Waals surface area contributed by atoms with E-state index in [1.165, 1.54) is 6.92 Å². The first kappa shape index (κ1) is 20.1. The molecule has 2 rings (SSSR count). The minimum Gasteiger partial charge on any atom is -0.468 e. The molecule has 11 heteroatoms. The zero-order valence-corrected chi connectivity index (χ0v) is 14.3. The van der Waals surface area contributed by atoms with Gasteiger partial charge < -0.3 is 8.92 Å². The lowest BCUT2D eigenvalue weighted by molar-refractivity contribution is -0.145. The number of carbonyl (C=O) groups excluding carboxylic acids is 1. The fraction of sp³-hybridized carbons (Fsp3) is 0.400. The summed E-state index contributed by atoms with van der Waals surface area (Å²) in [7, 11) is -4.93. The van der Waals surface area contributed by atoms with E-state index in [2.05, 4.69) is 8.92 Å². The van der Waals surface area contributed by atoms with Gasteiger partial charge in [0.25, 0.3) is 0 Å². The van der Waals surface area contributed by atoms with Crippen LogP contribution in [0, 0.1) is 18.6 Å². The summed E-state index contributed by atoms with van der Waals surface area (Å²) in [6.45, 7) is 1.18. The normalized spacial score (nSPS) is 20.7. The van der Waals surface area contributed by atoms with E-state index < -0.39 is 44.4 Å². The Morgan fingerprint density at radius 2 is 1.85 bits per heavy atom. The van der Waals surface area contributed by atoms with Gasteiger partial charge in [0, 0.05) is 6.42 Å². The fourth-order valence-electron chi connectivity index (χ4n) is 2.79. The van der Waals surface area contributed by atoms with Crippen LogP contribution in [0.15, 0.2) is 24.0 Å². The van der Waals surface area contributed by atoms with E-state index in [0.29, 0.717) is 0 Å². The number of allylic oxidation sites excluding steroid dienone is 1. The largest absolute Gasteiger partial charge is 0.534 e. The number of benzene rings is 1. The highest BCUT2D eigenvalue weighted by Gasteiger charge is 2.51. The molecule has 0 amide bonds. The van der Waals surface area contributed by atoms with Gasteiger partial charge >= 0.3 is 21.6 Å². The minimum atomic E-state index is -5.93. The van der Waals surface area contributed by atoms with Crippen LogP contribution in [0.1, 0.15) is 24.0 Å². The van der Waals surface area contributed by atoms with Gasteiger partial charge in [0.15, 0.2) is 11.6 Å². The second-order valence-electron chi connectivity index (χ2n) is 5.59. The van der Waals surface area contributed by atoms with Crippen LogP contribution in [0.4, 0.5) is 22.0 Å². The van der Waals surface area contributed by atoms with Crippen LogP contribution in [0.3, 0.4) is 0 Å². The molecule has 26 heavy (non-hydrogen) atoms. The zero-order valence-electron chi connectivity index (χ0n) is 13.5. The average molecular weight is 400 g/mol. The Kier molecular flexibility index (Phi) is 5.06. The van der Waals surface area contributed by atoms with Gasteiger partial charge in [0.1, 0.15) is 11.2 Å². The van der Waals surface area contributed by atoms with Crippen LogP contribution in [-0.4, -0.2) is 27.0 Å². The summed E-state index contributed by atoms with van der Waals surface area (Å²) in [5.74, 6) is -4.03. The van der Waals surface area contributed by atoms with Gasteiger partial charge in [0.2, 0.25) is 0 Å². The summed E-state index contributed by atoms with van der Waals surface area (Å²) < 4.78 is 95.6. The highest BCUT2D eigenvalue weighted by atomic mass is 32.2. The Hall–Kier alpha value is -2.17. The quantitative estimate of drug-likeness (QED) is 0.336. The maximum Gasteiger partial charge on any atom is 0.534 e. The third-order valence-electron chi connectivity index (χ3n) is 4.04. The molecule has 1 aromatic carbocycles. The van der Waals surface area contributed by atoms with Crippen molar-refractivity contribution in [3.05, 3.63) is 46.7 Å². The van der Waals surface area contributed by atoms with E-state index >= 15 is 0 Å². The summed E-state index contributed by atoms with van der Waals surface area (Å²) in [6, 6.07) is 1.84. The third-order valence-corrected chi connectivity index (χ3v) is 5.04. The Bertz CT molecular complexity index is 875. The van der Waals surface area contributed by atoms with Gasteiger partial charge in [0.05, 0.1) is 7.11 Å². The molecule has 0 bridgehead atoms. The van der Waals surface area contributed by atoms with Crippen molar-refractivity contribution in [2.45, 2.75) is 30.7 Å². The molecule has 5 nitrogen and oxygen atoms in total. The summed E-state index contributed by atoms with van der Waals surface area (Å²) >= 11 is 0. The van der Waals surface area contributed by atoms with Crippen molar-refractivity contribution < 1.29 is 44.1 Å². The number of rotatable bonds is 4. The second kappa shape index (κ2) is 6.53. The molecule has 144 valence electrons. The fourth-order valence-corrected chi connectivity index (χ4v) is 3.30. The van der Waals surface area contributed by atoms with Crippen molar-refractivity contribution in [2.75, 3.05) is 7.11 Å². The Morgan fingerprint density at radius 3 is 2.38 bits per heavy atom. The van der Waals surface area contributed by atoms with E-state index in [9.17, 15) is 35.2 Å². The van der Waals surface area contributed by atoms with Crippen molar-refractivity contribution in [3.63, 3.8) is 0 Å². The number of methoxy groups -OCH3 is 1. The van der Waals surface area contributed by atoms with E-state index in [0.717, 1.165) is 25.3 Å². The zero-order chi connectivity index (χ0) is 19.9. The van der Waals surface area contributed by atoms with Gasteiger partial charge in [-0.25, -0.2) is 8.78 Å². The number of hydrogen-bond donors (Lipinski definition) is 0. The van der Waals surface area contributed by atoms with Gasteiger partial charge in [-0.3, -0.25) is 4.79 Å². The van der Waals surface area contributed by atoms with E-state index in [1.807, 2.05) is 0 Å². The molecule has 0 unspecified atom stereocenters. The van der Waals surface area contributed by atoms with Crippen molar-refractivity contribution in [3.8, 4) is 0 Å². The number of hydrogen-bond acceptors (Lipinski definition) is 5. The molecule has 0 aromatic heterocycles. The van der Waals surface area contributed by atoms with Gasteiger partial charge in [-0.2, -0.15) is 21.6 Å². The summed E-state index contributed by atoms with van der Waals surface area (Å²) in [4.78, 5) is 12.3. The standard InChI is InChI=1S/C15H13F5O5S/c1-8-10(3-4-11(16)12(8)17)14(13(21)24-2)6-5-9(7-14)25-26(22,23)15(18,19)20/h3-4,7H,5-6H2,1-2H3/t14-/m0/s1. The number of esters is 1. The van der Waals surface area contributed by atoms with Crippen molar-refractivity contribution in [2.24, 2.45) is 0 Å². The van der Waals surface area contributed by atoms with E-state index in [4.69, 9.17) is 0 Å². The van der Waals surface area contributed by atoms with Gasteiger partial charge in [-0.1, -0.05) is 6.07 Å². The molecule has 0 N–H and O–H groups in total. The van der Waals surface area contributed by atoms with E-state index in [-0.39, 0.29) is 24.0 Å². The first-order chi connectivity index (χ1) is 11.9. The van der Waals surface area contributed by atoms with Gasteiger partial charge in [-0.15, -0.1) is 0 Å². The first-order valence-corrected chi connectivity index (χ1v) is 8.52. The minimum absolute atomic E-state index is 0.0637. The molecule has 0 saturated carbocycles. The SMILES string of the molecule is COC(=O)[C@]1(c2ccc(F)c(F)c2C)C=C(OS(=O)(=O)C(F)(F)F)CC1. The Balaban J connectivity index is 2.56. The van der Waals surface area contributed by atoms with Crippen LogP contribution in [0.25, 0.3) is 0 Å². The third kappa shape index (κ3) is 3.27. The lowest BCUT2D eigenvalue weighted by Gasteiger charge is -2.26. The molecule has 0 fully saturated rings. The molecule has 1 aliphatic carbocycles. The second-order valence-corrected chi connectivity index (χ2v) is 7.13.